The Balaban J connectivity index is 1.72. The number of amides is 1. The molecule has 3 rings (SSSR count). The number of halogens is 4. The zero-order valence-electron chi connectivity index (χ0n) is 14.5. The van der Waals surface area contributed by atoms with Crippen molar-refractivity contribution in [1.82, 2.24) is 9.21 Å². The average Bonchev–Trinajstić information content (AvgIpc) is 2.67. The molecule has 0 saturated carbocycles. The molecule has 10 heteroatoms. The molecule has 28 heavy (non-hydrogen) atoms. The largest absolute Gasteiger partial charge is 0.416 e. The van der Waals surface area contributed by atoms with Gasteiger partial charge in [0.15, 0.2) is 0 Å². The van der Waals surface area contributed by atoms with Crippen LogP contribution in [0.2, 0.25) is 0 Å². The smallest absolute Gasteiger partial charge is 0.336 e. The standard InChI is InChI=1S/C18H16F4N2O3S/c19-15-6-1-2-7-16(15)28(26,27)24-10-8-23(9-11-24)17(25)13-4-3-5-14(12-13)18(20,21)22/h1-7,12H,8-11H2. The van der Waals surface area contributed by atoms with Crippen LogP contribution in [0.3, 0.4) is 0 Å². The third-order valence-corrected chi connectivity index (χ3v) is 6.35. The molecule has 0 aromatic heterocycles. The highest BCUT2D eigenvalue weighted by molar-refractivity contribution is 7.89. The van der Waals surface area contributed by atoms with Crippen LogP contribution in [0.25, 0.3) is 0 Å². The molecule has 1 saturated heterocycles. The lowest BCUT2D eigenvalue weighted by Crippen LogP contribution is -2.50. The molecule has 1 amide bonds. The van der Waals surface area contributed by atoms with Gasteiger partial charge in [-0.2, -0.15) is 17.5 Å². The molecule has 0 aliphatic carbocycles. The van der Waals surface area contributed by atoms with Crippen LogP contribution in [0.4, 0.5) is 17.6 Å². The Morgan fingerprint density at radius 2 is 1.57 bits per heavy atom. The fourth-order valence-corrected chi connectivity index (χ4v) is 4.42. The molecule has 1 aliphatic rings. The number of piperazine rings is 1. The topological polar surface area (TPSA) is 57.7 Å². The zero-order chi connectivity index (χ0) is 20.5. The van der Waals surface area contributed by atoms with Crippen LogP contribution in [0.15, 0.2) is 53.4 Å². The van der Waals surface area contributed by atoms with E-state index in [1.165, 1.54) is 23.1 Å². The van der Waals surface area contributed by atoms with Crippen LogP contribution in [-0.2, 0) is 16.2 Å². The van der Waals surface area contributed by atoms with Crippen LogP contribution in [0.5, 0.6) is 0 Å². The predicted molar refractivity (Wildman–Crippen MR) is 92.5 cm³/mol. The first-order valence-corrected chi connectivity index (χ1v) is 9.76. The maximum Gasteiger partial charge on any atom is 0.416 e. The van der Waals surface area contributed by atoms with Gasteiger partial charge >= 0.3 is 6.18 Å². The van der Waals surface area contributed by atoms with Crippen molar-refractivity contribution in [3.63, 3.8) is 0 Å². The van der Waals surface area contributed by atoms with E-state index in [2.05, 4.69) is 0 Å². The first-order chi connectivity index (χ1) is 13.1. The number of benzene rings is 2. The van der Waals surface area contributed by atoms with Crippen LogP contribution >= 0.6 is 0 Å². The first-order valence-electron chi connectivity index (χ1n) is 8.32. The predicted octanol–water partition coefficient (Wildman–Crippen LogP) is 2.99. The van der Waals surface area contributed by atoms with Gasteiger partial charge in [-0.05, 0) is 30.3 Å². The Labute approximate surface area is 159 Å². The van der Waals surface area contributed by atoms with E-state index in [9.17, 15) is 30.8 Å². The van der Waals surface area contributed by atoms with Crippen molar-refractivity contribution in [3.8, 4) is 0 Å². The summed E-state index contributed by atoms with van der Waals surface area (Å²) in [5, 5.41) is 0. The van der Waals surface area contributed by atoms with E-state index in [4.69, 9.17) is 0 Å². The van der Waals surface area contributed by atoms with Crippen LogP contribution < -0.4 is 0 Å². The molecular formula is C18H16F4N2O3S. The lowest BCUT2D eigenvalue weighted by Gasteiger charge is -2.34. The summed E-state index contributed by atoms with van der Waals surface area (Å²) in [4.78, 5) is 13.3. The van der Waals surface area contributed by atoms with Gasteiger partial charge in [-0.3, -0.25) is 4.79 Å². The van der Waals surface area contributed by atoms with E-state index in [0.29, 0.717) is 0 Å². The Morgan fingerprint density at radius 1 is 0.929 bits per heavy atom. The Morgan fingerprint density at radius 3 is 2.18 bits per heavy atom. The van der Waals surface area contributed by atoms with Crippen molar-refractivity contribution >= 4 is 15.9 Å². The third-order valence-electron chi connectivity index (χ3n) is 4.42. The Hall–Kier alpha value is -2.46. The van der Waals surface area contributed by atoms with Gasteiger partial charge in [-0.25, -0.2) is 12.8 Å². The van der Waals surface area contributed by atoms with Gasteiger partial charge in [0.2, 0.25) is 10.0 Å². The van der Waals surface area contributed by atoms with Crippen molar-refractivity contribution < 1.29 is 30.8 Å². The van der Waals surface area contributed by atoms with Crippen molar-refractivity contribution in [3.05, 3.63) is 65.5 Å². The molecule has 0 atom stereocenters. The summed E-state index contributed by atoms with van der Waals surface area (Å²) in [5.74, 6) is -1.49. The molecule has 1 heterocycles. The van der Waals surface area contributed by atoms with Gasteiger partial charge in [0, 0.05) is 31.7 Å². The maximum absolute atomic E-state index is 13.8. The Kier molecular flexibility index (Phi) is 5.44. The molecule has 0 N–H and O–H groups in total. The van der Waals surface area contributed by atoms with Gasteiger partial charge in [0.1, 0.15) is 10.7 Å². The second-order valence-electron chi connectivity index (χ2n) is 6.21. The zero-order valence-corrected chi connectivity index (χ0v) is 15.3. The normalized spacial score (nSPS) is 16.2. The van der Waals surface area contributed by atoms with Crippen molar-refractivity contribution in [2.45, 2.75) is 11.1 Å². The lowest BCUT2D eigenvalue weighted by atomic mass is 10.1. The summed E-state index contributed by atoms with van der Waals surface area (Å²) in [6, 6.07) is 9.05. The number of alkyl halides is 3. The minimum absolute atomic E-state index is 0.0111. The highest BCUT2D eigenvalue weighted by Crippen LogP contribution is 2.30. The number of carbonyl (C=O) groups excluding carboxylic acids is 1. The molecule has 0 radical (unpaired) electrons. The van der Waals surface area contributed by atoms with Crippen molar-refractivity contribution in [2.75, 3.05) is 26.2 Å². The second kappa shape index (κ2) is 7.51. The molecule has 2 aromatic carbocycles. The fourth-order valence-electron chi connectivity index (χ4n) is 2.94. The summed E-state index contributed by atoms with van der Waals surface area (Å²) in [6.45, 7) is -0.186. The first kappa shape index (κ1) is 20.3. The molecule has 5 nitrogen and oxygen atoms in total. The molecular weight excluding hydrogens is 400 g/mol. The highest BCUT2D eigenvalue weighted by atomic mass is 32.2. The van der Waals surface area contributed by atoms with Gasteiger partial charge in [0.25, 0.3) is 5.91 Å². The molecule has 150 valence electrons. The third kappa shape index (κ3) is 4.02. The number of sulfonamides is 1. The molecule has 0 spiro atoms. The molecule has 0 unspecified atom stereocenters. The summed E-state index contributed by atoms with van der Waals surface area (Å²) < 4.78 is 78.5. The monoisotopic (exact) mass is 416 g/mol. The quantitative estimate of drug-likeness (QED) is 0.723. The number of hydrogen-bond donors (Lipinski definition) is 0. The number of nitrogens with zero attached hydrogens (tertiary/aromatic N) is 2. The summed E-state index contributed by atoms with van der Waals surface area (Å²) in [5.41, 5.74) is -1.06. The maximum atomic E-state index is 13.8. The minimum atomic E-state index is -4.57. The average molecular weight is 416 g/mol. The van der Waals surface area contributed by atoms with Crippen molar-refractivity contribution in [2.24, 2.45) is 0 Å². The number of hydrogen-bond acceptors (Lipinski definition) is 3. The number of carbonyl (C=O) groups is 1. The van der Waals surface area contributed by atoms with Crippen LogP contribution in [0.1, 0.15) is 15.9 Å². The molecule has 1 aliphatic heterocycles. The van der Waals surface area contributed by atoms with Gasteiger partial charge in [0.05, 0.1) is 5.56 Å². The second-order valence-corrected chi connectivity index (χ2v) is 8.11. The highest BCUT2D eigenvalue weighted by Gasteiger charge is 2.34. The lowest BCUT2D eigenvalue weighted by molar-refractivity contribution is -0.137. The Bertz CT molecular complexity index is 984. The fraction of sp³-hybridized carbons (Fsp3) is 0.278. The van der Waals surface area contributed by atoms with Gasteiger partial charge in [-0.1, -0.05) is 18.2 Å². The van der Waals surface area contributed by atoms with Crippen LogP contribution in [0, 0.1) is 5.82 Å². The van der Waals surface area contributed by atoms with E-state index >= 15 is 0 Å². The van der Waals surface area contributed by atoms with E-state index in [0.717, 1.165) is 34.6 Å². The van der Waals surface area contributed by atoms with E-state index < -0.39 is 38.4 Å². The summed E-state index contributed by atoms with van der Waals surface area (Å²) in [7, 11) is -4.06. The van der Waals surface area contributed by atoms with Gasteiger partial charge in [-0.15, -0.1) is 0 Å². The van der Waals surface area contributed by atoms with Crippen LogP contribution in [-0.4, -0.2) is 49.7 Å². The van der Waals surface area contributed by atoms with E-state index in [1.54, 1.807) is 0 Å². The van der Waals surface area contributed by atoms with E-state index in [1.807, 2.05) is 0 Å². The molecule has 2 aromatic rings. The van der Waals surface area contributed by atoms with Gasteiger partial charge < -0.3 is 4.90 Å². The molecule has 0 bridgehead atoms. The minimum Gasteiger partial charge on any atom is -0.336 e. The SMILES string of the molecule is O=C(c1cccc(C(F)(F)F)c1)N1CCN(S(=O)(=O)c2ccccc2F)CC1. The summed E-state index contributed by atoms with van der Waals surface area (Å²) in [6.07, 6.45) is -4.57. The van der Waals surface area contributed by atoms with E-state index in [-0.39, 0.29) is 31.7 Å². The van der Waals surface area contributed by atoms with Crippen molar-refractivity contribution in [1.29, 1.82) is 0 Å². The number of rotatable bonds is 3. The summed E-state index contributed by atoms with van der Waals surface area (Å²) >= 11 is 0. The molecule has 1 fully saturated rings.